The molecule has 142 valence electrons. The molecule has 1 aromatic carbocycles. The summed E-state index contributed by atoms with van der Waals surface area (Å²) in [6.07, 6.45) is 1.60. The van der Waals surface area contributed by atoms with Gasteiger partial charge in [-0.05, 0) is 43.7 Å². The van der Waals surface area contributed by atoms with Gasteiger partial charge in [-0.3, -0.25) is 4.79 Å². The lowest BCUT2D eigenvalue weighted by molar-refractivity contribution is 0.00528. The second kappa shape index (κ2) is 6.96. The smallest absolute Gasteiger partial charge is 0.260 e. The van der Waals surface area contributed by atoms with Crippen molar-refractivity contribution in [1.82, 2.24) is 14.7 Å². The van der Waals surface area contributed by atoms with Gasteiger partial charge in [0.25, 0.3) is 11.4 Å². The molecule has 27 heavy (non-hydrogen) atoms. The number of halogens is 1. The zero-order valence-corrected chi connectivity index (χ0v) is 15.6. The van der Waals surface area contributed by atoms with Crippen LogP contribution in [0.3, 0.4) is 0 Å². The Bertz CT molecular complexity index is 1020. The topological polar surface area (TPSA) is 84.4 Å². The van der Waals surface area contributed by atoms with Crippen LogP contribution < -0.4 is 10.5 Å². The van der Waals surface area contributed by atoms with Crippen LogP contribution in [0.1, 0.15) is 18.4 Å². The van der Waals surface area contributed by atoms with Crippen molar-refractivity contribution in [3.05, 3.63) is 64.2 Å². The third kappa shape index (κ3) is 3.90. The Hall–Kier alpha value is -3.00. The summed E-state index contributed by atoms with van der Waals surface area (Å²) in [7, 11) is 3.49. The Kier molecular flexibility index (Phi) is 4.84. The van der Waals surface area contributed by atoms with Crippen LogP contribution in [0.5, 0.6) is 0 Å². The van der Waals surface area contributed by atoms with Gasteiger partial charge in [-0.25, -0.2) is 4.39 Å². The summed E-state index contributed by atoms with van der Waals surface area (Å²) in [5.74, 6) is -0.311. The molecule has 1 N–H and O–H groups in total. The number of aryl methyl sites for hydroxylation is 1. The molecular formula is C19H21FN4O3. The van der Waals surface area contributed by atoms with E-state index in [1.165, 1.54) is 23.6 Å². The number of nitrogens with zero attached hydrogens (tertiary/aromatic N) is 4. The lowest BCUT2D eigenvalue weighted by atomic mass is 10.1. The monoisotopic (exact) mass is 372 g/mol. The Labute approximate surface area is 155 Å². The quantitative estimate of drug-likeness (QED) is 0.740. The van der Waals surface area contributed by atoms with Crippen LogP contribution in [0.2, 0.25) is 0 Å². The molecule has 3 rings (SSSR count). The van der Waals surface area contributed by atoms with Crippen molar-refractivity contribution in [2.45, 2.75) is 26.0 Å². The van der Waals surface area contributed by atoms with Gasteiger partial charge in [-0.2, -0.15) is 4.98 Å². The van der Waals surface area contributed by atoms with E-state index in [4.69, 9.17) is 4.52 Å². The number of anilines is 1. The number of hydrogen-bond donors (Lipinski definition) is 1. The third-order valence-corrected chi connectivity index (χ3v) is 4.20. The van der Waals surface area contributed by atoms with E-state index in [-0.39, 0.29) is 23.8 Å². The van der Waals surface area contributed by atoms with E-state index in [2.05, 4.69) is 10.1 Å². The number of benzene rings is 1. The highest BCUT2D eigenvalue weighted by molar-refractivity contribution is 5.60. The fourth-order valence-corrected chi connectivity index (χ4v) is 2.70. The SMILES string of the molecule is Cc1ccn(CC(C)(O)c2nc(-c3ccc(N(C)C)c(F)c3)no2)c(=O)c1. The highest BCUT2D eigenvalue weighted by atomic mass is 19.1. The van der Waals surface area contributed by atoms with E-state index in [0.717, 1.165) is 5.56 Å². The summed E-state index contributed by atoms with van der Waals surface area (Å²) in [6, 6.07) is 7.84. The number of hydrogen-bond acceptors (Lipinski definition) is 6. The number of aliphatic hydroxyl groups is 1. The molecule has 0 aliphatic rings. The second-order valence-electron chi connectivity index (χ2n) is 6.93. The van der Waals surface area contributed by atoms with E-state index in [1.54, 1.807) is 43.4 Å². The van der Waals surface area contributed by atoms with Gasteiger partial charge in [0, 0.05) is 31.9 Å². The van der Waals surface area contributed by atoms with Gasteiger partial charge in [0.15, 0.2) is 5.60 Å². The summed E-state index contributed by atoms with van der Waals surface area (Å²) >= 11 is 0. The Morgan fingerprint density at radius 3 is 2.67 bits per heavy atom. The van der Waals surface area contributed by atoms with E-state index in [0.29, 0.717) is 11.3 Å². The normalized spacial score (nSPS) is 13.4. The summed E-state index contributed by atoms with van der Waals surface area (Å²) in [5.41, 5.74) is -0.105. The molecule has 0 saturated heterocycles. The zero-order valence-electron chi connectivity index (χ0n) is 15.6. The highest BCUT2D eigenvalue weighted by Crippen LogP contribution is 2.27. The molecule has 3 aromatic rings. The summed E-state index contributed by atoms with van der Waals surface area (Å²) in [4.78, 5) is 17.9. The fourth-order valence-electron chi connectivity index (χ4n) is 2.70. The van der Waals surface area contributed by atoms with Gasteiger partial charge in [0.2, 0.25) is 5.82 Å². The molecule has 0 aliphatic carbocycles. The number of pyridine rings is 1. The van der Waals surface area contributed by atoms with Gasteiger partial charge in [0.05, 0.1) is 12.2 Å². The van der Waals surface area contributed by atoms with Crippen molar-refractivity contribution in [2.75, 3.05) is 19.0 Å². The van der Waals surface area contributed by atoms with Crippen LogP contribution >= 0.6 is 0 Å². The highest BCUT2D eigenvalue weighted by Gasteiger charge is 2.31. The van der Waals surface area contributed by atoms with Gasteiger partial charge in [0.1, 0.15) is 5.82 Å². The molecule has 7 nitrogen and oxygen atoms in total. The van der Waals surface area contributed by atoms with Crippen molar-refractivity contribution < 1.29 is 14.0 Å². The minimum absolute atomic E-state index is 0.0536. The van der Waals surface area contributed by atoms with E-state index in [9.17, 15) is 14.3 Å². The first kappa shape index (κ1) is 18.8. The maximum absolute atomic E-state index is 14.2. The maximum atomic E-state index is 14.2. The molecular weight excluding hydrogens is 351 g/mol. The Morgan fingerprint density at radius 2 is 2.04 bits per heavy atom. The number of aromatic nitrogens is 3. The molecule has 0 spiro atoms. The molecule has 1 unspecified atom stereocenters. The second-order valence-corrected chi connectivity index (χ2v) is 6.93. The van der Waals surface area contributed by atoms with E-state index < -0.39 is 11.4 Å². The molecule has 1 atom stereocenters. The molecule has 0 amide bonds. The number of rotatable bonds is 5. The lowest BCUT2D eigenvalue weighted by Crippen LogP contribution is -2.33. The first-order chi connectivity index (χ1) is 12.7. The van der Waals surface area contributed by atoms with Crippen LogP contribution in [-0.4, -0.2) is 33.9 Å². The Balaban J connectivity index is 1.88. The average molecular weight is 372 g/mol. The van der Waals surface area contributed by atoms with Gasteiger partial charge in [-0.15, -0.1) is 0 Å². The van der Waals surface area contributed by atoms with Crippen LogP contribution in [0.15, 0.2) is 45.8 Å². The molecule has 2 heterocycles. The van der Waals surface area contributed by atoms with Gasteiger partial charge < -0.3 is 19.1 Å². The largest absolute Gasteiger partial charge is 0.378 e. The predicted molar refractivity (Wildman–Crippen MR) is 99.0 cm³/mol. The molecule has 0 radical (unpaired) electrons. The van der Waals surface area contributed by atoms with Crippen LogP contribution in [0.4, 0.5) is 10.1 Å². The summed E-state index contributed by atoms with van der Waals surface area (Å²) in [6.45, 7) is 3.24. The van der Waals surface area contributed by atoms with E-state index in [1.807, 2.05) is 6.92 Å². The maximum Gasteiger partial charge on any atom is 0.260 e. The van der Waals surface area contributed by atoms with Crippen LogP contribution in [-0.2, 0) is 12.1 Å². The van der Waals surface area contributed by atoms with Crippen molar-refractivity contribution in [1.29, 1.82) is 0 Å². The van der Waals surface area contributed by atoms with Crippen molar-refractivity contribution in [2.24, 2.45) is 0 Å². The fraction of sp³-hybridized carbons (Fsp3) is 0.316. The summed E-state index contributed by atoms with van der Waals surface area (Å²) < 4.78 is 20.7. The van der Waals surface area contributed by atoms with Crippen LogP contribution in [0, 0.1) is 12.7 Å². The van der Waals surface area contributed by atoms with Gasteiger partial charge in [-0.1, -0.05) is 5.16 Å². The molecule has 0 aliphatic heterocycles. The standard InChI is InChI=1S/C19H21FN4O3/c1-12-7-8-24(16(25)9-12)11-19(2,26)18-21-17(22-27-18)13-5-6-15(23(3)4)14(20)10-13/h5-10,26H,11H2,1-4H3. The average Bonchev–Trinajstić information content (AvgIpc) is 3.08. The molecule has 0 saturated carbocycles. The van der Waals surface area contributed by atoms with Crippen molar-refractivity contribution in [3.63, 3.8) is 0 Å². The molecule has 0 bridgehead atoms. The molecule has 2 aromatic heterocycles. The van der Waals surface area contributed by atoms with Crippen molar-refractivity contribution >= 4 is 5.69 Å². The lowest BCUT2D eigenvalue weighted by Gasteiger charge is -2.19. The van der Waals surface area contributed by atoms with Gasteiger partial charge >= 0.3 is 0 Å². The predicted octanol–water partition coefficient (Wildman–Crippen LogP) is 2.32. The first-order valence-corrected chi connectivity index (χ1v) is 8.38. The Morgan fingerprint density at radius 1 is 1.30 bits per heavy atom. The minimum Gasteiger partial charge on any atom is -0.378 e. The summed E-state index contributed by atoms with van der Waals surface area (Å²) in [5, 5.41) is 14.6. The first-order valence-electron chi connectivity index (χ1n) is 8.38. The van der Waals surface area contributed by atoms with Crippen LogP contribution in [0.25, 0.3) is 11.4 Å². The van der Waals surface area contributed by atoms with E-state index >= 15 is 0 Å². The zero-order chi connectivity index (χ0) is 19.8. The molecule has 8 heteroatoms. The molecule has 0 fully saturated rings. The third-order valence-electron chi connectivity index (χ3n) is 4.20. The van der Waals surface area contributed by atoms with Crippen molar-refractivity contribution in [3.8, 4) is 11.4 Å². The minimum atomic E-state index is -1.56.